The Bertz CT molecular complexity index is 818. The standard InChI is InChI=1S/C24H31N3O2/c1-3-26(4-2)24(29)21-13-9-15-27(18-21)22-14-8-12-20(16-22)23(28)25-17-19-10-6-5-7-11-19/h5-8,10-12,14,16,21H,3-4,9,13,15,17-18H2,1-2H3,(H,25,28). The molecule has 2 aromatic rings. The number of carbonyl (C=O) groups excluding carboxylic acids is 2. The molecule has 1 N–H and O–H groups in total. The fourth-order valence-electron chi connectivity index (χ4n) is 3.93. The lowest BCUT2D eigenvalue weighted by atomic mass is 9.95. The Kier molecular flexibility index (Phi) is 7.28. The average molecular weight is 394 g/mol. The van der Waals surface area contributed by atoms with Gasteiger partial charge in [-0.05, 0) is 50.5 Å². The molecule has 2 amide bonds. The van der Waals surface area contributed by atoms with E-state index in [9.17, 15) is 9.59 Å². The van der Waals surface area contributed by atoms with Crippen LogP contribution in [0, 0.1) is 5.92 Å². The monoisotopic (exact) mass is 393 g/mol. The number of hydrogen-bond donors (Lipinski definition) is 1. The van der Waals surface area contributed by atoms with Crippen molar-refractivity contribution in [3.8, 4) is 0 Å². The molecule has 154 valence electrons. The predicted molar refractivity (Wildman–Crippen MR) is 117 cm³/mol. The van der Waals surface area contributed by atoms with Gasteiger partial charge in [0.25, 0.3) is 5.91 Å². The lowest BCUT2D eigenvalue weighted by Crippen LogP contribution is -2.45. The zero-order valence-electron chi connectivity index (χ0n) is 17.4. The maximum atomic E-state index is 12.8. The molecule has 3 rings (SSSR count). The quantitative estimate of drug-likeness (QED) is 0.780. The molecule has 5 nitrogen and oxygen atoms in total. The Morgan fingerprint density at radius 1 is 1.07 bits per heavy atom. The van der Waals surface area contributed by atoms with Crippen LogP contribution in [-0.4, -0.2) is 42.9 Å². The smallest absolute Gasteiger partial charge is 0.251 e. The van der Waals surface area contributed by atoms with Crippen molar-refractivity contribution in [1.82, 2.24) is 10.2 Å². The molecule has 29 heavy (non-hydrogen) atoms. The van der Waals surface area contributed by atoms with Crippen LogP contribution in [0.5, 0.6) is 0 Å². The molecule has 1 aliphatic heterocycles. The lowest BCUT2D eigenvalue weighted by Gasteiger charge is -2.36. The Morgan fingerprint density at radius 3 is 2.55 bits per heavy atom. The molecule has 0 bridgehead atoms. The fourth-order valence-corrected chi connectivity index (χ4v) is 3.93. The van der Waals surface area contributed by atoms with Crippen molar-refractivity contribution in [2.24, 2.45) is 5.92 Å². The molecular formula is C24H31N3O2. The highest BCUT2D eigenvalue weighted by Crippen LogP contribution is 2.25. The largest absolute Gasteiger partial charge is 0.371 e. The van der Waals surface area contributed by atoms with Crippen molar-refractivity contribution in [3.05, 3.63) is 65.7 Å². The van der Waals surface area contributed by atoms with Gasteiger partial charge in [-0.25, -0.2) is 0 Å². The van der Waals surface area contributed by atoms with Crippen LogP contribution in [0.15, 0.2) is 54.6 Å². The van der Waals surface area contributed by atoms with Crippen molar-refractivity contribution in [2.75, 3.05) is 31.1 Å². The minimum Gasteiger partial charge on any atom is -0.371 e. The van der Waals surface area contributed by atoms with Crippen LogP contribution in [0.3, 0.4) is 0 Å². The molecule has 0 aromatic heterocycles. The molecule has 1 aliphatic rings. The summed E-state index contributed by atoms with van der Waals surface area (Å²) < 4.78 is 0. The topological polar surface area (TPSA) is 52.7 Å². The molecule has 2 aromatic carbocycles. The molecule has 0 aliphatic carbocycles. The highest BCUT2D eigenvalue weighted by Gasteiger charge is 2.28. The third kappa shape index (κ3) is 5.37. The maximum Gasteiger partial charge on any atom is 0.251 e. The van der Waals surface area contributed by atoms with E-state index in [4.69, 9.17) is 0 Å². The number of hydrogen-bond acceptors (Lipinski definition) is 3. The van der Waals surface area contributed by atoms with E-state index in [1.807, 2.05) is 73.3 Å². The summed E-state index contributed by atoms with van der Waals surface area (Å²) in [5.74, 6) is 0.194. The van der Waals surface area contributed by atoms with E-state index in [-0.39, 0.29) is 17.7 Å². The van der Waals surface area contributed by atoms with Crippen molar-refractivity contribution in [2.45, 2.75) is 33.2 Å². The number of piperidine rings is 1. The van der Waals surface area contributed by atoms with Crippen LogP contribution in [0.4, 0.5) is 5.69 Å². The molecule has 1 atom stereocenters. The van der Waals surface area contributed by atoms with Crippen LogP contribution in [0.25, 0.3) is 0 Å². The summed E-state index contributed by atoms with van der Waals surface area (Å²) >= 11 is 0. The maximum absolute atomic E-state index is 12.8. The Hall–Kier alpha value is -2.82. The van der Waals surface area contributed by atoms with Gasteiger partial charge in [0, 0.05) is 44.0 Å². The number of anilines is 1. The van der Waals surface area contributed by atoms with Gasteiger partial charge in [-0.1, -0.05) is 36.4 Å². The minimum atomic E-state index is -0.0801. The first-order valence-corrected chi connectivity index (χ1v) is 10.6. The van der Waals surface area contributed by atoms with Crippen LogP contribution in [0.2, 0.25) is 0 Å². The predicted octanol–water partition coefficient (Wildman–Crippen LogP) is 3.70. The third-order valence-corrected chi connectivity index (χ3v) is 5.62. The average Bonchev–Trinajstić information content (AvgIpc) is 2.79. The van der Waals surface area contributed by atoms with Gasteiger partial charge in [0.15, 0.2) is 0 Å². The summed E-state index contributed by atoms with van der Waals surface area (Å²) in [4.78, 5) is 29.5. The number of benzene rings is 2. The first-order chi connectivity index (χ1) is 14.1. The number of amides is 2. The van der Waals surface area contributed by atoms with E-state index >= 15 is 0 Å². The second-order valence-corrected chi connectivity index (χ2v) is 7.51. The van der Waals surface area contributed by atoms with Crippen LogP contribution in [-0.2, 0) is 11.3 Å². The fraction of sp³-hybridized carbons (Fsp3) is 0.417. The lowest BCUT2D eigenvalue weighted by molar-refractivity contribution is -0.135. The summed E-state index contributed by atoms with van der Waals surface area (Å²) in [6.45, 7) is 7.69. The first-order valence-electron chi connectivity index (χ1n) is 10.6. The molecule has 1 heterocycles. The molecule has 0 radical (unpaired) electrons. The molecule has 0 saturated carbocycles. The SMILES string of the molecule is CCN(CC)C(=O)C1CCCN(c2cccc(C(=O)NCc3ccccc3)c2)C1. The molecule has 1 unspecified atom stereocenters. The van der Waals surface area contributed by atoms with Crippen molar-refractivity contribution >= 4 is 17.5 Å². The zero-order valence-corrected chi connectivity index (χ0v) is 17.4. The number of nitrogens with one attached hydrogen (secondary N) is 1. The molecule has 1 fully saturated rings. The van der Waals surface area contributed by atoms with E-state index in [0.717, 1.165) is 43.7 Å². The van der Waals surface area contributed by atoms with Gasteiger partial charge in [-0.2, -0.15) is 0 Å². The molecule has 0 spiro atoms. The summed E-state index contributed by atoms with van der Waals surface area (Å²) in [6, 6.07) is 17.6. The van der Waals surface area contributed by atoms with E-state index in [0.29, 0.717) is 18.7 Å². The van der Waals surface area contributed by atoms with Gasteiger partial charge in [0.1, 0.15) is 0 Å². The van der Waals surface area contributed by atoms with Crippen molar-refractivity contribution < 1.29 is 9.59 Å². The van der Waals surface area contributed by atoms with E-state index in [1.54, 1.807) is 0 Å². The van der Waals surface area contributed by atoms with Crippen molar-refractivity contribution in [1.29, 1.82) is 0 Å². The Labute approximate surface area is 173 Å². The van der Waals surface area contributed by atoms with Crippen LogP contribution in [0.1, 0.15) is 42.6 Å². The summed E-state index contributed by atoms with van der Waals surface area (Å²) in [5.41, 5.74) is 2.73. The minimum absolute atomic E-state index is 0.0270. The highest BCUT2D eigenvalue weighted by molar-refractivity contribution is 5.95. The van der Waals surface area contributed by atoms with E-state index in [2.05, 4.69) is 10.2 Å². The summed E-state index contributed by atoms with van der Waals surface area (Å²) in [6.07, 6.45) is 1.92. The molecule has 5 heteroatoms. The molecule has 1 saturated heterocycles. The number of carbonyl (C=O) groups is 2. The Morgan fingerprint density at radius 2 is 1.83 bits per heavy atom. The second kappa shape index (κ2) is 10.1. The van der Waals surface area contributed by atoms with E-state index < -0.39 is 0 Å². The van der Waals surface area contributed by atoms with E-state index in [1.165, 1.54) is 0 Å². The highest BCUT2D eigenvalue weighted by atomic mass is 16.2. The van der Waals surface area contributed by atoms with Gasteiger partial charge in [-0.15, -0.1) is 0 Å². The first kappa shape index (κ1) is 20.9. The van der Waals surface area contributed by atoms with Gasteiger partial charge >= 0.3 is 0 Å². The Balaban J connectivity index is 1.65. The van der Waals surface area contributed by atoms with Gasteiger partial charge < -0.3 is 15.1 Å². The molecular weight excluding hydrogens is 362 g/mol. The zero-order chi connectivity index (χ0) is 20.6. The summed E-state index contributed by atoms with van der Waals surface area (Å²) in [5, 5.41) is 2.98. The van der Waals surface area contributed by atoms with Gasteiger partial charge in [-0.3, -0.25) is 9.59 Å². The number of nitrogens with zero attached hydrogens (tertiary/aromatic N) is 2. The third-order valence-electron chi connectivity index (χ3n) is 5.62. The van der Waals surface area contributed by atoms with Gasteiger partial charge in [0.2, 0.25) is 5.91 Å². The normalized spacial score (nSPS) is 16.3. The number of rotatable bonds is 7. The van der Waals surface area contributed by atoms with Crippen molar-refractivity contribution in [3.63, 3.8) is 0 Å². The van der Waals surface area contributed by atoms with Gasteiger partial charge in [0.05, 0.1) is 5.92 Å². The second-order valence-electron chi connectivity index (χ2n) is 7.51. The summed E-state index contributed by atoms with van der Waals surface area (Å²) in [7, 11) is 0. The van der Waals surface area contributed by atoms with Crippen LogP contribution < -0.4 is 10.2 Å². The van der Waals surface area contributed by atoms with Crippen LogP contribution >= 0.6 is 0 Å².